The number of benzene rings is 2. The van der Waals surface area contributed by atoms with Crippen molar-refractivity contribution in [3.05, 3.63) is 75.6 Å². The van der Waals surface area contributed by atoms with Crippen LogP contribution in [0.1, 0.15) is 37.5 Å². The fourth-order valence-electron chi connectivity index (χ4n) is 4.62. The summed E-state index contributed by atoms with van der Waals surface area (Å²) in [6.45, 7) is 8.14. The van der Waals surface area contributed by atoms with Gasteiger partial charge in [-0.1, -0.05) is 74.5 Å². The number of hydrogen-bond donors (Lipinski definition) is 1. The summed E-state index contributed by atoms with van der Waals surface area (Å²) in [6, 6.07) is 15.7. The maximum Gasteiger partial charge on any atom is 0.265 e. The lowest BCUT2D eigenvalue weighted by Crippen LogP contribution is -2.36. The maximum atomic E-state index is 13.9. The molecule has 0 bridgehead atoms. The highest BCUT2D eigenvalue weighted by molar-refractivity contribution is 7.99. The fourth-order valence-corrected chi connectivity index (χ4v) is 5.33. The van der Waals surface area contributed by atoms with E-state index < -0.39 is 0 Å². The number of amides is 1. The molecule has 0 spiro atoms. The quantitative estimate of drug-likeness (QED) is 0.433. The second-order valence-corrected chi connectivity index (χ2v) is 10.5. The van der Waals surface area contributed by atoms with Crippen molar-refractivity contribution >= 4 is 29.1 Å². The highest BCUT2D eigenvalue weighted by Crippen LogP contribution is 2.40. The van der Waals surface area contributed by atoms with Gasteiger partial charge < -0.3 is 5.32 Å². The fraction of sp³-hybridized carbons (Fsp3) is 0.308. The largest absolute Gasteiger partial charge is 0.324 e. The number of aromatic nitrogens is 4. The Bertz CT molecular complexity index is 1470. The Hall–Kier alpha value is -3.39. The van der Waals surface area contributed by atoms with Crippen LogP contribution in [-0.4, -0.2) is 30.8 Å². The predicted octanol–water partition coefficient (Wildman–Crippen LogP) is 4.45. The van der Waals surface area contributed by atoms with Crippen molar-refractivity contribution in [2.24, 2.45) is 0 Å². The molecule has 0 saturated heterocycles. The molecular weight excluding hydrogens is 446 g/mol. The number of carbonyl (C=O) groups is 1. The minimum Gasteiger partial charge on any atom is -0.324 e. The number of nitrogens with one attached hydrogen (secondary N) is 1. The molecule has 174 valence electrons. The summed E-state index contributed by atoms with van der Waals surface area (Å²) in [7, 11) is 0. The third kappa shape index (κ3) is 3.81. The topological polar surface area (TPSA) is 81.3 Å². The Morgan fingerprint density at radius 1 is 1.15 bits per heavy atom. The first-order chi connectivity index (χ1) is 16.3. The average Bonchev–Trinajstić information content (AvgIpc) is 3.12. The van der Waals surface area contributed by atoms with Crippen LogP contribution in [0.4, 0.5) is 5.69 Å². The lowest BCUT2D eigenvalue weighted by atomic mass is 9.72. The van der Waals surface area contributed by atoms with Gasteiger partial charge in [-0.05, 0) is 36.8 Å². The van der Waals surface area contributed by atoms with Crippen LogP contribution in [0.2, 0.25) is 0 Å². The lowest BCUT2D eigenvalue weighted by molar-refractivity contribution is -0.116. The molecular formula is C26H27N5O2S. The summed E-state index contributed by atoms with van der Waals surface area (Å²) in [5.74, 6) is 0.901. The van der Waals surface area contributed by atoms with Gasteiger partial charge in [-0.25, -0.2) is 14.1 Å². The van der Waals surface area contributed by atoms with Crippen molar-refractivity contribution in [2.75, 3.05) is 11.1 Å². The van der Waals surface area contributed by atoms with Crippen molar-refractivity contribution in [3.8, 4) is 11.3 Å². The van der Waals surface area contributed by atoms with E-state index >= 15 is 0 Å². The van der Waals surface area contributed by atoms with Crippen LogP contribution >= 0.6 is 11.8 Å². The van der Waals surface area contributed by atoms with Crippen LogP contribution in [-0.2, 0) is 23.2 Å². The maximum absolute atomic E-state index is 13.9. The van der Waals surface area contributed by atoms with Gasteiger partial charge in [0.1, 0.15) is 6.54 Å². The summed E-state index contributed by atoms with van der Waals surface area (Å²) >= 11 is 1.47. The molecule has 1 N–H and O–H groups in total. The predicted molar refractivity (Wildman–Crippen MR) is 136 cm³/mol. The molecule has 0 unspecified atom stereocenters. The van der Waals surface area contributed by atoms with Crippen LogP contribution in [0.5, 0.6) is 0 Å². The number of carbonyl (C=O) groups excluding carboxylic acids is 1. The third-order valence-electron chi connectivity index (χ3n) is 6.18. The van der Waals surface area contributed by atoms with Crippen LogP contribution in [0.25, 0.3) is 17.0 Å². The SMILES string of the molecule is CCSc1nn(CC(=O)Nc2ccc(C)cc2)c2nc3c(c(=O)n12)C(C)(C)Cc1ccccc1-3. The molecule has 0 atom stereocenters. The molecule has 0 saturated carbocycles. The average molecular weight is 474 g/mol. The molecule has 4 aromatic rings. The van der Waals surface area contributed by atoms with Crippen molar-refractivity contribution in [3.63, 3.8) is 0 Å². The number of fused-ring (bicyclic) bond motifs is 4. The van der Waals surface area contributed by atoms with Crippen molar-refractivity contribution in [1.29, 1.82) is 0 Å². The number of rotatable bonds is 5. The van der Waals surface area contributed by atoms with Gasteiger partial charge >= 0.3 is 0 Å². The highest BCUT2D eigenvalue weighted by atomic mass is 32.2. The van der Waals surface area contributed by atoms with E-state index in [4.69, 9.17) is 4.98 Å². The van der Waals surface area contributed by atoms with Gasteiger partial charge in [0.15, 0.2) is 5.16 Å². The molecule has 7 nitrogen and oxygen atoms in total. The third-order valence-corrected chi connectivity index (χ3v) is 6.99. The number of anilines is 1. The second-order valence-electron chi connectivity index (χ2n) is 9.28. The van der Waals surface area contributed by atoms with Gasteiger partial charge in [-0.2, -0.15) is 0 Å². The summed E-state index contributed by atoms with van der Waals surface area (Å²) in [5, 5.41) is 8.09. The number of hydrogen-bond acceptors (Lipinski definition) is 5. The zero-order chi connectivity index (χ0) is 24.0. The van der Waals surface area contributed by atoms with Crippen LogP contribution in [0.3, 0.4) is 0 Å². The lowest BCUT2D eigenvalue weighted by Gasteiger charge is -2.32. The van der Waals surface area contributed by atoms with Gasteiger partial charge in [-0.3, -0.25) is 9.59 Å². The first-order valence-electron chi connectivity index (χ1n) is 11.4. The molecule has 2 aromatic carbocycles. The molecule has 1 aliphatic carbocycles. The molecule has 8 heteroatoms. The van der Waals surface area contributed by atoms with Gasteiger partial charge in [0, 0.05) is 16.7 Å². The summed E-state index contributed by atoms with van der Waals surface area (Å²) in [4.78, 5) is 31.7. The first-order valence-corrected chi connectivity index (χ1v) is 12.4. The Kier molecular flexibility index (Phi) is 5.56. The molecule has 0 radical (unpaired) electrons. The van der Waals surface area contributed by atoms with E-state index in [1.165, 1.54) is 22.0 Å². The van der Waals surface area contributed by atoms with Crippen LogP contribution in [0.15, 0.2) is 58.5 Å². The van der Waals surface area contributed by atoms with Gasteiger partial charge in [0.2, 0.25) is 11.7 Å². The number of nitrogens with zero attached hydrogens (tertiary/aromatic N) is 4. The molecule has 0 aliphatic heterocycles. The van der Waals surface area contributed by atoms with Gasteiger partial charge in [0.05, 0.1) is 11.3 Å². The van der Waals surface area contributed by atoms with E-state index in [-0.39, 0.29) is 23.4 Å². The van der Waals surface area contributed by atoms with E-state index in [1.54, 1.807) is 4.40 Å². The minimum absolute atomic E-state index is 0.0437. The second kappa shape index (κ2) is 8.43. The summed E-state index contributed by atoms with van der Waals surface area (Å²) < 4.78 is 3.11. The van der Waals surface area contributed by atoms with E-state index in [2.05, 4.69) is 30.3 Å². The molecule has 1 amide bonds. The molecule has 1 aliphatic rings. The molecule has 2 heterocycles. The molecule has 5 rings (SSSR count). The van der Waals surface area contributed by atoms with Gasteiger partial charge in [-0.15, -0.1) is 5.10 Å². The number of thioether (sulfide) groups is 1. The first kappa shape index (κ1) is 22.4. The number of aryl methyl sites for hydroxylation is 1. The summed E-state index contributed by atoms with van der Waals surface area (Å²) in [5.41, 5.74) is 4.88. The van der Waals surface area contributed by atoms with Crippen LogP contribution < -0.4 is 10.9 Å². The van der Waals surface area contributed by atoms with E-state index in [0.29, 0.717) is 27.9 Å². The molecule has 34 heavy (non-hydrogen) atoms. The zero-order valence-corrected chi connectivity index (χ0v) is 20.6. The summed E-state index contributed by atoms with van der Waals surface area (Å²) in [6.07, 6.45) is 0.766. The Labute approximate surface area is 202 Å². The van der Waals surface area contributed by atoms with E-state index in [1.807, 2.05) is 56.3 Å². The standard InChI is InChI=1S/C26H27N5O2S/c1-5-34-25-29-30(15-20(32)27-18-12-10-16(2)11-13-18)24-28-22-19-9-7-6-8-17(19)14-26(3,4)21(22)23(33)31(24)25/h6-13H,5,14-15H2,1-4H3,(H,27,32). The van der Waals surface area contributed by atoms with Crippen molar-refractivity contribution in [2.45, 2.75) is 51.2 Å². The van der Waals surface area contributed by atoms with Crippen molar-refractivity contribution < 1.29 is 4.79 Å². The Morgan fingerprint density at radius 3 is 2.62 bits per heavy atom. The monoisotopic (exact) mass is 473 g/mol. The van der Waals surface area contributed by atoms with E-state index in [9.17, 15) is 9.59 Å². The van der Waals surface area contributed by atoms with Crippen molar-refractivity contribution in [1.82, 2.24) is 19.2 Å². The molecule has 0 fully saturated rings. The zero-order valence-electron chi connectivity index (χ0n) is 19.8. The molecule has 2 aromatic heterocycles. The minimum atomic E-state index is -0.367. The normalized spacial score (nSPS) is 14.0. The Morgan fingerprint density at radius 2 is 1.88 bits per heavy atom. The Balaban J connectivity index is 1.64. The smallest absolute Gasteiger partial charge is 0.265 e. The highest BCUT2D eigenvalue weighted by Gasteiger charge is 2.36. The van der Waals surface area contributed by atoms with Crippen LogP contribution in [0, 0.1) is 6.92 Å². The van der Waals surface area contributed by atoms with E-state index in [0.717, 1.165) is 23.3 Å². The van der Waals surface area contributed by atoms with Gasteiger partial charge in [0.25, 0.3) is 5.56 Å².